The van der Waals surface area contributed by atoms with Crippen LogP contribution in [-0.4, -0.2) is 50.2 Å². The molecule has 0 radical (unpaired) electrons. The van der Waals surface area contributed by atoms with Gasteiger partial charge in [-0.05, 0) is 31.2 Å². The molecule has 4 aliphatic rings. The van der Waals surface area contributed by atoms with Crippen LogP contribution in [0.1, 0.15) is 48.0 Å². The second kappa shape index (κ2) is 6.33. The maximum absolute atomic E-state index is 12.2. The van der Waals surface area contributed by atoms with E-state index in [2.05, 4.69) is 25.9 Å². The van der Waals surface area contributed by atoms with Crippen molar-refractivity contribution in [1.29, 1.82) is 0 Å². The van der Waals surface area contributed by atoms with Gasteiger partial charge in [-0.25, -0.2) is 4.79 Å². The van der Waals surface area contributed by atoms with E-state index < -0.39 is 0 Å². The van der Waals surface area contributed by atoms with Gasteiger partial charge < -0.3 is 20.1 Å². The molecule has 3 saturated carbocycles. The SMILES string of the molecule is Cn1nccc1C(=O)Nc1cc([C@@H]2C[C@H](OC(=O)NC34CC(C3)C4)CO2)[nH]n1. The smallest absolute Gasteiger partial charge is 0.407 e. The van der Waals surface area contributed by atoms with Crippen LogP contribution in [-0.2, 0) is 16.5 Å². The standard InChI is InChI=1S/C18H22N6O4/c1-24-13(2-3-19-24)16(25)20-15-5-12(22-23-15)14-4-11(9-27-14)28-17(26)21-18-6-10(7-18)8-18/h2-3,5,10-11,14H,4,6-9H2,1H3,(H,21,26)(H2,20,22,23,25)/t10?,11-,14-,18?/m0/s1. The van der Waals surface area contributed by atoms with Gasteiger partial charge in [0.25, 0.3) is 5.91 Å². The predicted molar refractivity (Wildman–Crippen MR) is 96.5 cm³/mol. The Morgan fingerprint density at radius 1 is 1.39 bits per heavy atom. The van der Waals surface area contributed by atoms with Crippen molar-refractivity contribution in [3.63, 3.8) is 0 Å². The minimum atomic E-state index is -0.360. The molecular formula is C18H22N6O4. The minimum Gasteiger partial charge on any atom is -0.444 e. The summed E-state index contributed by atoms with van der Waals surface area (Å²) in [6.45, 7) is 0.337. The van der Waals surface area contributed by atoms with Gasteiger partial charge in [-0.1, -0.05) is 0 Å². The Balaban J connectivity index is 1.14. The fourth-order valence-corrected chi connectivity index (χ4v) is 4.27. The first-order valence-electron chi connectivity index (χ1n) is 9.45. The van der Waals surface area contributed by atoms with E-state index in [1.807, 2.05) is 0 Å². The van der Waals surface area contributed by atoms with E-state index in [-0.39, 0.29) is 29.7 Å². The van der Waals surface area contributed by atoms with Gasteiger partial charge in [-0.15, -0.1) is 0 Å². The molecule has 1 saturated heterocycles. The summed E-state index contributed by atoms with van der Waals surface area (Å²) in [6.07, 6.45) is 4.41. The van der Waals surface area contributed by atoms with Crippen molar-refractivity contribution in [3.05, 3.63) is 29.7 Å². The lowest BCUT2D eigenvalue weighted by atomic mass is 9.50. The molecule has 28 heavy (non-hydrogen) atoms. The highest BCUT2D eigenvalue weighted by Crippen LogP contribution is 2.56. The Labute approximate surface area is 161 Å². The number of aromatic amines is 1. The summed E-state index contributed by atoms with van der Waals surface area (Å²) in [6, 6.07) is 3.35. The molecule has 0 spiro atoms. The van der Waals surface area contributed by atoms with E-state index in [4.69, 9.17) is 9.47 Å². The normalized spacial score (nSPS) is 30.2. The molecule has 2 aromatic heterocycles. The third kappa shape index (κ3) is 3.03. The molecule has 2 bridgehead atoms. The van der Waals surface area contributed by atoms with E-state index in [0.717, 1.165) is 30.9 Å². The Kier molecular flexibility index (Phi) is 3.90. The Morgan fingerprint density at radius 2 is 2.21 bits per heavy atom. The fraction of sp³-hybridized carbons (Fsp3) is 0.556. The van der Waals surface area contributed by atoms with Crippen molar-refractivity contribution in [2.75, 3.05) is 11.9 Å². The second-order valence-electron chi connectivity index (χ2n) is 7.97. The van der Waals surface area contributed by atoms with Gasteiger partial charge in [-0.3, -0.25) is 14.6 Å². The van der Waals surface area contributed by atoms with Crippen LogP contribution in [0.5, 0.6) is 0 Å². The van der Waals surface area contributed by atoms with E-state index in [1.54, 1.807) is 25.4 Å². The zero-order valence-electron chi connectivity index (χ0n) is 15.5. The first-order chi connectivity index (χ1) is 13.5. The number of rotatable bonds is 5. The lowest BCUT2D eigenvalue weighted by Crippen LogP contribution is -2.68. The molecule has 0 unspecified atom stereocenters. The summed E-state index contributed by atoms with van der Waals surface area (Å²) < 4.78 is 12.7. The van der Waals surface area contributed by atoms with Crippen LogP contribution < -0.4 is 10.6 Å². The van der Waals surface area contributed by atoms with Crippen molar-refractivity contribution in [3.8, 4) is 0 Å². The average molecular weight is 386 g/mol. The monoisotopic (exact) mass is 386 g/mol. The summed E-state index contributed by atoms with van der Waals surface area (Å²) in [4.78, 5) is 24.3. The first kappa shape index (κ1) is 17.2. The van der Waals surface area contributed by atoms with Crippen LogP contribution in [0.15, 0.2) is 18.3 Å². The molecule has 6 rings (SSSR count). The van der Waals surface area contributed by atoms with Crippen LogP contribution >= 0.6 is 0 Å². The van der Waals surface area contributed by atoms with E-state index >= 15 is 0 Å². The van der Waals surface area contributed by atoms with Crippen molar-refractivity contribution < 1.29 is 19.1 Å². The highest BCUT2D eigenvalue weighted by atomic mass is 16.6. The molecule has 1 aliphatic heterocycles. The molecule has 3 N–H and O–H groups in total. The number of anilines is 1. The maximum Gasteiger partial charge on any atom is 0.407 e. The number of alkyl carbamates (subject to hydrolysis) is 1. The van der Waals surface area contributed by atoms with Crippen molar-refractivity contribution in [1.82, 2.24) is 25.3 Å². The number of ether oxygens (including phenoxy) is 2. The maximum atomic E-state index is 12.2. The highest BCUT2D eigenvalue weighted by molar-refractivity contribution is 6.02. The average Bonchev–Trinajstić information content (AvgIpc) is 3.30. The number of aromatic nitrogens is 4. The summed E-state index contributed by atoms with van der Waals surface area (Å²) >= 11 is 0. The molecule has 3 aliphatic carbocycles. The quantitative estimate of drug-likeness (QED) is 0.716. The van der Waals surface area contributed by atoms with Crippen molar-refractivity contribution in [2.24, 2.45) is 13.0 Å². The zero-order valence-corrected chi connectivity index (χ0v) is 15.5. The van der Waals surface area contributed by atoms with Crippen LogP contribution in [0.3, 0.4) is 0 Å². The molecule has 2 amide bonds. The number of carbonyl (C=O) groups is 2. The topological polar surface area (TPSA) is 123 Å². The van der Waals surface area contributed by atoms with Gasteiger partial charge in [0.2, 0.25) is 0 Å². The Hall–Kier alpha value is -2.88. The van der Waals surface area contributed by atoms with Gasteiger partial charge in [0.15, 0.2) is 5.82 Å². The van der Waals surface area contributed by atoms with Crippen LogP contribution in [0.25, 0.3) is 0 Å². The first-order valence-corrected chi connectivity index (χ1v) is 9.45. The number of carbonyl (C=O) groups excluding carboxylic acids is 2. The van der Waals surface area contributed by atoms with Gasteiger partial charge in [0.05, 0.1) is 12.3 Å². The molecule has 10 heteroatoms. The third-order valence-electron chi connectivity index (χ3n) is 5.88. The molecule has 3 heterocycles. The lowest BCUT2D eigenvalue weighted by molar-refractivity contribution is -0.0510. The van der Waals surface area contributed by atoms with Gasteiger partial charge in [0, 0.05) is 31.3 Å². The Bertz CT molecular complexity index is 904. The summed E-state index contributed by atoms with van der Waals surface area (Å²) in [5.74, 6) is 0.903. The number of hydrogen-bond acceptors (Lipinski definition) is 6. The third-order valence-corrected chi connectivity index (χ3v) is 5.88. The van der Waals surface area contributed by atoms with Crippen LogP contribution in [0, 0.1) is 5.92 Å². The largest absolute Gasteiger partial charge is 0.444 e. The number of aryl methyl sites for hydroxylation is 1. The number of nitrogens with zero attached hydrogens (tertiary/aromatic N) is 3. The molecule has 4 fully saturated rings. The van der Waals surface area contributed by atoms with E-state index in [9.17, 15) is 9.59 Å². The molecule has 2 aromatic rings. The van der Waals surface area contributed by atoms with Gasteiger partial charge >= 0.3 is 6.09 Å². The summed E-state index contributed by atoms with van der Waals surface area (Å²) in [7, 11) is 1.70. The summed E-state index contributed by atoms with van der Waals surface area (Å²) in [5, 5.41) is 16.7. The van der Waals surface area contributed by atoms with Gasteiger partial charge in [0.1, 0.15) is 17.9 Å². The number of amides is 2. The predicted octanol–water partition coefficient (Wildman–Crippen LogP) is 1.50. The molecule has 10 nitrogen and oxygen atoms in total. The van der Waals surface area contributed by atoms with E-state index in [1.165, 1.54) is 4.68 Å². The number of nitrogens with one attached hydrogen (secondary N) is 3. The zero-order chi connectivity index (χ0) is 19.3. The highest BCUT2D eigenvalue weighted by Gasteiger charge is 2.57. The molecule has 0 aromatic carbocycles. The number of H-pyrrole nitrogens is 1. The van der Waals surface area contributed by atoms with Crippen LogP contribution in [0.2, 0.25) is 0 Å². The molecular weight excluding hydrogens is 364 g/mol. The van der Waals surface area contributed by atoms with Crippen molar-refractivity contribution >= 4 is 17.8 Å². The lowest BCUT2D eigenvalue weighted by Gasteiger charge is -2.61. The Morgan fingerprint density at radius 3 is 2.89 bits per heavy atom. The van der Waals surface area contributed by atoms with Crippen LogP contribution in [0.4, 0.5) is 10.6 Å². The van der Waals surface area contributed by atoms with Gasteiger partial charge in [-0.2, -0.15) is 10.2 Å². The number of hydrogen-bond donors (Lipinski definition) is 3. The second-order valence-corrected chi connectivity index (χ2v) is 7.97. The fourth-order valence-electron chi connectivity index (χ4n) is 4.27. The van der Waals surface area contributed by atoms with Crippen molar-refractivity contribution in [2.45, 2.75) is 43.4 Å². The minimum absolute atomic E-state index is 0.00492. The molecule has 148 valence electrons. The molecule has 2 atom stereocenters. The summed E-state index contributed by atoms with van der Waals surface area (Å²) in [5.41, 5.74) is 1.17. The van der Waals surface area contributed by atoms with E-state index in [0.29, 0.717) is 24.5 Å².